The Hall–Kier alpha value is -2.44. The van der Waals surface area contributed by atoms with E-state index in [0.29, 0.717) is 11.3 Å². The quantitative estimate of drug-likeness (QED) is 0.480. The van der Waals surface area contributed by atoms with Crippen LogP contribution in [0.4, 0.5) is 5.69 Å². The summed E-state index contributed by atoms with van der Waals surface area (Å²) in [5.41, 5.74) is 0.735. The third kappa shape index (κ3) is 4.20. The van der Waals surface area contributed by atoms with Crippen LogP contribution in [0.25, 0.3) is 0 Å². The number of nitrogens with zero attached hydrogens (tertiary/aromatic N) is 1. The monoisotopic (exact) mass is 252 g/mol. The van der Waals surface area contributed by atoms with Crippen molar-refractivity contribution in [2.75, 3.05) is 18.5 Å². The molecule has 18 heavy (non-hydrogen) atoms. The first-order valence-corrected chi connectivity index (χ1v) is 5.21. The number of hydrogen-bond acceptors (Lipinski definition) is 5. The minimum absolute atomic E-state index is 0.278. The van der Waals surface area contributed by atoms with Gasteiger partial charge < -0.3 is 10.1 Å². The lowest BCUT2D eigenvalue weighted by molar-refractivity contribution is -0.467. The van der Waals surface area contributed by atoms with Gasteiger partial charge in [0.25, 0.3) is 12.5 Å². The lowest BCUT2D eigenvalue weighted by Gasteiger charge is -2.04. The van der Waals surface area contributed by atoms with E-state index in [1.807, 2.05) is 0 Å². The topological polar surface area (TPSA) is 98.5 Å². The van der Waals surface area contributed by atoms with Crippen LogP contribution in [0, 0.1) is 10.1 Å². The van der Waals surface area contributed by atoms with Crippen LogP contribution in [0.15, 0.2) is 24.3 Å². The Morgan fingerprint density at radius 3 is 2.44 bits per heavy atom. The molecule has 0 aliphatic heterocycles. The smallest absolute Gasteiger partial charge is 0.338 e. The molecule has 0 bridgehead atoms. The van der Waals surface area contributed by atoms with Crippen LogP contribution < -0.4 is 5.32 Å². The highest BCUT2D eigenvalue weighted by molar-refractivity contribution is 5.93. The van der Waals surface area contributed by atoms with Gasteiger partial charge in [0.2, 0.25) is 0 Å². The molecule has 7 heteroatoms. The second-order valence-electron chi connectivity index (χ2n) is 3.34. The van der Waals surface area contributed by atoms with E-state index in [0.717, 1.165) is 0 Å². The summed E-state index contributed by atoms with van der Waals surface area (Å²) >= 11 is 0. The van der Waals surface area contributed by atoms with Crippen molar-refractivity contribution in [2.24, 2.45) is 0 Å². The first-order chi connectivity index (χ1) is 8.52. The predicted molar refractivity (Wildman–Crippen MR) is 62.9 cm³/mol. The molecule has 0 atom stereocenters. The third-order valence-electron chi connectivity index (χ3n) is 1.95. The number of carbonyl (C=O) groups excluding carboxylic acids is 2. The maximum atomic E-state index is 11.3. The lowest BCUT2D eigenvalue weighted by Crippen LogP contribution is -2.21. The van der Waals surface area contributed by atoms with Crippen molar-refractivity contribution in [1.29, 1.82) is 0 Å². The molecule has 0 unspecified atom stereocenters. The lowest BCUT2D eigenvalue weighted by atomic mass is 10.2. The molecule has 1 aromatic rings. The fourth-order valence-corrected chi connectivity index (χ4v) is 1.22. The molecule has 96 valence electrons. The Bertz CT molecular complexity index is 455. The molecule has 1 rings (SSSR count). The molecule has 1 amide bonds. The van der Waals surface area contributed by atoms with Crippen LogP contribution in [-0.4, -0.2) is 30.0 Å². The van der Waals surface area contributed by atoms with Gasteiger partial charge in [-0.05, 0) is 31.2 Å². The molecule has 0 saturated heterocycles. The number of nitrogens with one attached hydrogen (secondary N) is 1. The average molecular weight is 252 g/mol. The van der Waals surface area contributed by atoms with Crippen molar-refractivity contribution in [2.45, 2.75) is 6.92 Å². The highest BCUT2D eigenvalue weighted by atomic mass is 16.6. The van der Waals surface area contributed by atoms with Gasteiger partial charge in [-0.15, -0.1) is 0 Å². The van der Waals surface area contributed by atoms with Gasteiger partial charge in [0.05, 0.1) is 12.2 Å². The van der Waals surface area contributed by atoms with Crippen LogP contribution >= 0.6 is 0 Å². The molecular weight excluding hydrogens is 240 g/mol. The molecule has 0 aromatic heterocycles. The van der Waals surface area contributed by atoms with Gasteiger partial charge in [-0.25, -0.2) is 4.79 Å². The number of ether oxygens (including phenoxy) is 1. The second-order valence-corrected chi connectivity index (χ2v) is 3.34. The molecule has 0 saturated carbocycles. The summed E-state index contributed by atoms with van der Waals surface area (Å²) in [6, 6.07) is 5.90. The van der Waals surface area contributed by atoms with Crippen LogP contribution in [0.2, 0.25) is 0 Å². The Balaban J connectivity index is 2.63. The van der Waals surface area contributed by atoms with E-state index in [1.54, 1.807) is 6.92 Å². The standard InChI is InChI=1S/C11H12N2O5/c1-2-18-11(15)8-3-5-9(6-4-8)12-10(14)7-13(16)17/h3-6H,2,7H2,1H3,(H,12,14). The first kappa shape index (κ1) is 13.6. The highest BCUT2D eigenvalue weighted by Gasteiger charge is 2.10. The minimum atomic E-state index is -0.792. The highest BCUT2D eigenvalue weighted by Crippen LogP contribution is 2.10. The molecule has 0 spiro atoms. The SMILES string of the molecule is CCOC(=O)c1ccc(NC(=O)C[N+](=O)[O-])cc1. The van der Waals surface area contributed by atoms with Gasteiger partial charge in [0.1, 0.15) is 0 Å². The molecule has 1 aromatic carbocycles. The maximum Gasteiger partial charge on any atom is 0.338 e. The predicted octanol–water partition coefficient (Wildman–Crippen LogP) is 1.08. The molecule has 7 nitrogen and oxygen atoms in total. The maximum absolute atomic E-state index is 11.3. The van der Waals surface area contributed by atoms with E-state index in [1.165, 1.54) is 24.3 Å². The molecule has 0 radical (unpaired) electrons. The van der Waals surface area contributed by atoms with Gasteiger partial charge in [0, 0.05) is 10.6 Å². The van der Waals surface area contributed by atoms with E-state index in [9.17, 15) is 19.7 Å². The number of esters is 1. The van der Waals surface area contributed by atoms with Gasteiger partial charge in [-0.2, -0.15) is 0 Å². The summed E-state index contributed by atoms with van der Waals surface area (Å²) in [6.45, 7) is 1.18. The Morgan fingerprint density at radius 2 is 1.94 bits per heavy atom. The number of hydrogen-bond donors (Lipinski definition) is 1. The van der Waals surface area contributed by atoms with Gasteiger partial charge >= 0.3 is 5.97 Å². The van der Waals surface area contributed by atoms with E-state index in [4.69, 9.17) is 4.74 Å². The van der Waals surface area contributed by atoms with Gasteiger partial charge in [-0.3, -0.25) is 14.9 Å². The van der Waals surface area contributed by atoms with Gasteiger partial charge in [-0.1, -0.05) is 0 Å². The van der Waals surface area contributed by atoms with E-state index < -0.39 is 23.3 Å². The van der Waals surface area contributed by atoms with E-state index >= 15 is 0 Å². The number of carbonyl (C=O) groups is 2. The molecule has 0 heterocycles. The second kappa shape index (κ2) is 6.33. The third-order valence-corrected chi connectivity index (χ3v) is 1.95. The van der Waals surface area contributed by atoms with Crippen molar-refractivity contribution in [3.05, 3.63) is 39.9 Å². The number of rotatable bonds is 5. The summed E-state index contributed by atoms with van der Waals surface area (Å²) in [4.78, 5) is 31.8. The Kier molecular flexibility index (Phi) is 4.79. The fraction of sp³-hybridized carbons (Fsp3) is 0.273. The van der Waals surface area contributed by atoms with Gasteiger partial charge in [0.15, 0.2) is 0 Å². The van der Waals surface area contributed by atoms with Crippen LogP contribution in [-0.2, 0) is 9.53 Å². The zero-order valence-electron chi connectivity index (χ0n) is 9.71. The average Bonchev–Trinajstić information content (AvgIpc) is 2.29. The Morgan fingerprint density at radius 1 is 1.33 bits per heavy atom. The Labute approximate surface area is 103 Å². The van der Waals surface area contributed by atoms with Crippen LogP contribution in [0.5, 0.6) is 0 Å². The van der Waals surface area contributed by atoms with Crippen molar-refractivity contribution < 1.29 is 19.2 Å². The number of amides is 1. The molecule has 1 N–H and O–H groups in total. The molecular formula is C11H12N2O5. The number of nitro groups is 1. The van der Waals surface area contributed by atoms with Crippen molar-refractivity contribution in [1.82, 2.24) is 0 Å². The molecule has 0 fully saturated rings. The van der Waals surface area contributed by atoms with E-state index in [2.05, 4.69) is 5.32 Å². The number of anilines is 1. The first-order valence-electron chi connectivity index (χ1n) is 5.21. The zero-order valence-corrected chi connectivity index (χ0v) is 9.71. The molecule has 0 aliphatic rings. The normalized spacial score (nSPS) is 9.61. The van der Waals surface area contributed by atoms with Crippen molar-refractivity contribution in [3.63, 3.8) is 0 Å². The fourth-order valence-electron chi connectivity index (χ4n) is 1.22. The molecule has 0 aliphatic carbocycles. The van der Waals surface area contributed by atoms with Crippen LogP contribution in [0.3, 0.4) is 0 Å². The summed E-state index contributed by atoms with van der Waals surface area (Å²) in [6.07, 6.45) is 0. The van der Waals surface area contributed by atoms with E-state index in [-0.39, 0.29) is 6.61 Å². The van der Waals surface area contributed by atoms with Crippen LogP contribution in [0.1, 0.15) is 17.3 Å². The van der Waals surface area contributed by atoms with Crippen molar-refractivity contribution >= 4 is 17.6 Å². The minimum Gasteiger partial charge on any atom is -0.462 e. The summed E-state index contributed by atoms with van der Waals surface area (Å²) < 4.78 is 4.79. The summed E-state index contributed by atoms with van der Waals surface area (Å²) in [5.74, 6) is -1.18. The van der Waals surface area contributed by atoms with Crippen molar-refractivity contribution in [3.8, 4) is 0 Å². The largest absolute Gasteiger partial charge is 0.462 e. The summed E-state index contributed by atoms with van der Waals surface area (Å²) in [7, 11) is 0. The zero-order chi connectivity index (χ0) is 13.5. The number of benzene rings is 1. The summed E-state index contributed by atoms with van der Waals surface area (Å²) in [5, 5.41) is 12.4.